The van der Waals surface area contributed by atoms with Crippen molar-refractivity contribution in [1.29, 1.82) is 0 Å². The molecule has 0 aliphatic rings. The van der Waals surface area contributed by atoms with E-state index in [4.69, 9.17) is 0 Å². The number of likely N-dealkylation sites (N-methyl/N-ethyl adjacent to an activating group) is 1. The van der Waals surface area contributed by atoms with Crippen LogP contribution in [0.3, 0.4) is 0 Å². The first-order valence-corrected chi connectivity index (χ1v) is 7.41. The molecule has 7 nitrogen and oxygen atoms in total. The highest BCUT2D eigenvalue weighted by Crippen LogP contribution is 2.09. The van der Waals surface area contributed by atoms with Crippen LogP contribution in [0, 0.1) is 0 Å². The van der Waals surface area contributed by atoms with Gasteiger partial charge in [0.1, 0.15) is 0 Å². The van der Waals surface area contributed by atoms with Gasteiger partial charge in [-0.05, 0) is 45.2 Å². The lowest BCUT2D eigenvalue weighted by atomic mass is 10.2. The van der Waals surface area contributed by atoms with Crippen molar-refractivity contribution in [2.24, 2.45) is 0 Å². The molecule has 3 amide bonds. The molecule has 0 atom stereocenters. The predicted molar refractivity (Wildman–Crippen MR) is 89.2 cm³/mol. The van der Waals surface area contributed by atoms with Crippen molar-refractivity contribution in [3.05, 3.63) is 29.8 Å². The number of benzene rings is 1. The van der Waals surface area contributed by atoms with Crippen molar-refractivity contribution in [2.45, 2.75) is 19.9 Å². The van der Waals surface area contributed by atoms with E-state index in [1.54, 1.807) is 43.3 Å². The average molecular weight is 320 g/mol. The largest absolute Gasteiger partial charge is 0.355 e. The first-order valence-electron chi connectivity index (χ1n) is 7.41. The van der Waals surface area contributed by atoms with Crippen molar-refractivity contribution in [3.63, 3.8) is 0 Å². The maximum absolute atomic E-state index is 11.9. The number of hydrogen-bond donors (Lipinski definition) is 3. The van der Waals surface area contributed by atoms with Crippen molar-refractivity contribution in [1.82, 2.24) is 15.5 Å². The average Bonchev–Trinajstić information content (AvgIpc) is 2.45. The smallest absolute Gasteiger partial charge is 0.251 e. The third kappa shape index (κ3) is 6.92. The van der Waals surface area contributed by atoms with E-state index in [-0.39, 0.29) is 36.9 Å². The van der Waals surface area contributed by atoms with Crippen LogP contribution in [-0.2, 0) is 9.59 Å². The molecule has 0 spiro atoms. The molecule has 7 heteroatoms. The molecule has 0 saturated carbocycles. The third-order valence-electron chi connectivity index (χ3n) is 2.93. The summed E-state index contributed by atoms with van der Waals surface area (Å²) in [5, 5.41) is 8.02. The van der Waals surface area contributed by atoms with E-state index in [0.717, 1.165) is 0 Å². The lowest BCUT2D eigenvalue weighted by Crippen LogP contribution is -2.41. The molecule has 1 aromatic carbocycles. The van der Waals surface area contributed by atoms with Crippen LogP contribution < -0.4 is 16.0 Å². The highest BCUT2D eigenvalue weighted by molar-refractivity contribution is 5.96. The predicted octanol–water partition coefficient (Wildman–Crippen LogP) is 0.441. The molecule has 0 aliphatic heterocycles. The summed E-state index contributed by atoms with van der Waals surface area (Å²) in [6.07, 6.45) is 0. The van der Waals surface area contributed by atoms with E-state index < -0.39 is 0 Å². The monoisotopic (exact) mass is 320 g/mol. The SMILES string of the molecule is CNC(=O)c1ccc(NC(=O)CN(C)CC(=O)NC(C)C)cc1. The van der Waals surface area contributed by atoms with Crippen LogP contribution >= 0.6 is 0 Å². The summed E-state index contributed by atoms with van der Waals surface area (Å²) in [5.74, 6) is -0.526. The number of anilines is 1. The summed E-state index contributed by atoms with van der Waals surface area (Å²) in [6, 6.07) is 6.66. The van der Waals surface area contributed by atoms with Gasteiger partial charge in [-0.15, -0.1) is 0 Å². The first kappa shape index (κ1) is 18.6. The Morgan fingerprint density at radius 2 is 1.61 bits per heavy atom. The van der Waals surface area contributed by atoms with Gasteiger partial charge in [0, 0.05) is 24.3 Å². The zero-order valence-electron chi connectivity index (χ0n) is 14.0. The molecule has 0 radical (unpaired) electrons. The van der Waals surface area contributed by atoms with Crippen LogP contribution in [0.25, 0.3) is 0 Å². The van der Waals surface area contributed by atoms with Gasteiger partial charge in [0.05, 0.1) is 13.1 Å². The van der Waals surface area contributed by atoms with Gasteiger partial charge in [-0.25, -0.2) is 0 Å². The second kappa shape index (κ2) is 8.89. The maximum Gasteiger partial charge on any atom is 0.251 e. The number of carbonyl (C=O) groups is 3. The molecular formula is C16H24N4O3. The molecular weight excluding hydrogens is 296 g/mol. The molecule has 0 unspecified atom stereocenters. The summed E-state index contributed by atoms with van der Waals surface area (Å²) in [6.45, 7) is 4.02. The fourth-order valence-corrected chi connectivity index (χ4v) is 1.96. The fourth-order valence-electron chi connectivity index (χ4n) is 1.96. The van der Waals surface area contributed by atoms with Crippen LogP contribution in [0.4, 0.5) is 5.69 Å². The molecule has 1 rings (SSSR count). The molecule has 0 fully saturated rings. The minimum atomic E-state index is -0.225. The van der Waals surface area contributed by atoms with Gasteiger partial charge in [-0.1, -0.05) is 0 Å². The van der Waals surface area contributed by atoms with E-state index >= 15 is 0 Å². The van der Waals surface area contributed by atoms with Gasteiger partial charge in [0.25, 0.3) is 5.91 Å². The summed E-state index contributed by atoms with van der Waals surface area (Å²) in [7, 11) is 3.26. The highest BCUT2D eigenvalue weighted by atomic mass is 16.2. The quantitative estimate of drug-likeness (QED) is 0.680. The summed E-state index contributed by atoms with van der Waals surface area (Å²) in [4.78, 5) is 36.6. The molecule has 3 N–H and O–H groups in total. The minimum absolute atomic E-state index is 0.0727. The molecule has 126 valence electrons. The Labute approximate surface area is 136 Å². The molecule has 0 aliphatic carbocycles. The van der Waals surface area contributed by atoms with Crippen LogP contribution in [-0.4, -0.2) is 55.8 Å². The number of amides is 3. The third-order valence-corrected chi connectivity index (χ3v) is 2.93. The molecule has 0 aromatic heterocycles. The second-order valence-corrected chi connectivity index (χ2v) is 5.60. The lowest BCUT2D eigenvalue weighted by molar-refractivity contribution is -0.123. The fraction of sp³-hybridized carbons (Fsp3) is 0.438. The summed E-state index contributed by atoms with van der Waals surface area (Å²) < 4.78 is 0. The van der Waals surface area contributed by atoms with Gasteiger partial charge in [0.2, 0.25) is 11.8 Å². The van der Waals surface area contributed by atoms with Crippen LogP contribution in [0.15, 0.2) is 24.3 Å². The molecule has 0 saturated heterocycles. The Morgan fingerprint density at radius 1 is 1.04 bits per heavy atom. The van der Waals surface area contributed by atoms with Gasteiger partial charge >= 0.3 is 0 Å². The number of rotatable bonds is 7. The molecule has 0 heterocycles. The zero-order chi connectivity index (χ0) is 17.4. The van der Waals surface area contributed by atoms with Gasteiger partial charge in [-0.2, -0.15) is 0 Å². The zero-order valence-corrected chi connectivity index (χ0v) is 14.0. The van der Waals surface area contributed by atoms with Crippen molar-refractivity contribution >= 4 is 23.4 Å². The first-order chi connectivity index (χ1) is 10.8. The van der Waals surface area contributed by atoms with Crippen molar-refractivity contribution < 1.29 is 14.4 Å². The number of carbonyl (C=O) groups excluding carboxylic acids is 3. The van der Waals surface area contributed by atoms with E-state index in [9.17, 15) is 14.4 Å². The van der Waals surface area contributed by atoms with E-state index in [1.165, 1.54) is 0 Å². The maximum atomic E-state index is 11.9. The Balaban J connectivity index is 2.47. The number of nitrogens with zero attached hydrogens (tertiary/aromatic N) is 1. The van der Waals surface area contributed by atoms with Crippen LogP contribution in [0.1, 0.15) is 24.2 Å². The van der Waals surface area contributed by atoms with Crippen molar-refractivity contribution in [3.8, 4) is 0 Å². The van der Waals surface area contributed by atoms with Crippen LogP contribution in [0.2, 0.25) is 0 Å². The van der Waals surface area contributed by atoms with Gasteiger partial charge < -0.3 is 16.0 Å². The topological polar surface area (TPSA) is 90.5 Å². The van der Waals surface area contributed by atoms with E-state index in [1.807, 2.05) is 13.8 Å². The lowest BCUT2D eigenvalue weighted by Gasteiger charge is -2.17. The summed E-state index contributed by atoms with van der Waals surface area (Å²) >= 11 is 0. The Kier molecular flexibility index (Phi) is 7.21. The molecule has 0 bridgehead atoms. The minimum Gasteiger partial charge on any atom is -0.355 e. The highest BCUT2D eigenvalue weighted by Gasteiger charge is 2.11. The van der Waals surface area contributed by atoms with Crippen LogP contribution in [0.5, 0.6) is 0 Å². The summed E-state index contributed by atoms with van der Waals surface area (Å²) in [5.41, 5.74) is 1.12. The normalized spacial score (nSPS) is 10.5. The van der Waals surface area contributed by atoms with Gasteiger partial charge in [-0.3, -0.25) is 19.3 Å². The Morgan fingerprint density at radius 3 is 2.13 bits per heavy atom. The molecule has 23 heavy (non-hydrogen) atoms. The van der Waals surface area contributed by atoms with E-state index in [0.29, 0.717) is 11.3 Å². The standard InChI is InChI=1S/C16H24N4O3/c1-11(2)18-14(21)9-20(4)10-15(22)19-13-7-5-12(6-8-13)16(23)17-3/h5-8,11H,9-10H2,1-4H3,(H,17,23)(H,18,21)(H,19,22). The van der Waals surface area contributed by atoms with E-state index in [2.05, 4.69) is 16.0 Å². The molecule has 1 aromatic rings. The number of hydrogen-bond acceptors (Lipinski definition) is 4. The number of nitrogens with one attached hydrogen (secondary N) is 3. The van der Waals surface area contributed by atoms with Gasteiger partial charge in [0.15, 0.2) is 0 Å². The Bertz CT molecular complexity index is 555. The Hall–Kier alpha value is -2.41. The van der Waals surface area contributed by atoms with Crippen molar-refractivity contribution in [2.75, 3.05) is 32.5 Å². The second-order valence-electron chi connectivity index (χ2n) is 5.60.